The average Bonchev–Trinajstić information content (AvgIpc) is 2.47. The molecular formula is C16H24N2O2. The highest BCUT2D eigenvalue weighted by Crippen LogP contribution is 2.24. The van der Waals surface area contributed by atoms with Gasteiger partial charge in [-0.2, -0.15) is 0 Å². The van der Waals surface area contributed by atoms with Crippen molar-refractivity contribution in [1.29, 1.82) is 0 Å². The molecule has 1 heterocycles. The fraction of sp³-hybridized carbons (Fsp3) is 0.562. The van der Waals surface area contributed by atoms with Gasteiger partial charge in [0.25, 0.3) is 5.91 Å². The van der Waals surface area contributed by atoms with Crippen molar-refractivity contribution in [2.75, 3.05) is 19.7 Å². The zero-order valence-corrected chi connectivity index (χ0v) is 12.3. The SMILES string of the molecule is CCOc1ccc(C(=O)N2CCCC(C)C2CN)cc1. The van der Waals surface area contributed by atoms with Gasteiger partial charge in [0.05, 0.1) is 6.61 Å². The molecule has 2 atom stereocenters. The van der Waals surface area contributed by atoms with Crippen LogP contribution in [0.15, 0.2) is 24.3 Å². The lowest BCUT2D eigenvalue weighted by Crippen LogP contribution is -2.51. The lowest BCUT2D eigenvalue weighted by Gasteiger charge is -2.39. The van der Waals surface area contributed by atoms with Crippen molar-refractivity contribution >= 4 is 5.91 Å². The summed E-state index contributed by atoms with van der Waals surface area (Å²) in [5.41, 5.74) is 6.56. The molecule has 1 aromatic carbocycles. The summed E-state index contributed by atoms with van der Waals surface area (Å²) in [6.45, 7) is 6.09. The largest absolute Gasteiger partial charge is 0.494 e. The van der Waals surface area contributed by atoms with Gasteiger partial charge in [-0.15, -0.1) is 0 Å². The number of piperidine rings is 1. The molecule has 1 saturated heterocycles. The van der Waals surface area contributed by atoms with Gasteiger partial charge in [0.15, 0.2) is 0 Å². The normalized spacial score (nSPS) is 22.6. The molecule has 2 N–H and O–H groups in total. The minimum absolute atomic E-state index is 0.0787. The van der Waals surface area contributed by atoms with Crippen LogP contribution in [-0.4, -0.2) is 36.5 Å². The molecule has 0 spiro atoms. The summed E-state index contributed by atoms with van der Waals surface area (Å²) in [5.74, 6) is 1.35. The number of likely N-dealkylation sites (tertiary alicyclic amines) is 1. The molecule has 1 aliphatic rings. The van der Waals surface area contributed by atoms with Gasteiger partial charge in [-0.25, -0.2) is 0 Å². The van der Waals surface area contributed by atoms with Gasteiger partial charge >= 0.3 is 0 Å². The van der Waals surface area contributed by atoms with E-state index in [-0.39, 0.29) is 11.9 Å². The molecule has 4 nitrogen and oxygen atoms in total. The van der Waals surface area contributed by atoms with Gasteiger partial charge in [-0.3, -0.25) is 4.79 Å². The number of rotatable bonds is 4. The van der Waals surface area contributed by atoms with E-state index in [0.29, 0.717) is 24.6 Å². The summed E-state index contributed by atoms with van der Waals surface area (Å²) in [7, 11) is 0. The fourth-order valence-electron chi connectivity index (χ4n) is 2.89. The summed E-state index contributed by atoms with van der Waals surface area (Å²) in [5, 5.41) is 0. The smallest absolute Gasteiger partial charge is 0.254 e. The van der Waals surface area contributed by atoms with Crippen LogP contribution in [0.2, 0.25) is 0 Å². The second kappa shape index (κ2) is 6.75. The number of hydrogen-bond acceptors (Lipinski definition) is 3. The first kappa shape index (κ1) is 14.9. The minimum atomic E-state index is 0.0787. The van der Waals surface area contributed by atoms with Crippen molar-refractivity contribution in [1.82, 2.24) is 4.90 Å². The van der Waals surface area contributed by atoms with E-state index >= 15 is 0 Å². The Hall–Kier alpha value is -1.55. The third-order valence-electron chi connectivity index (χ3n) is 4.03. The first-order valence-electron chi connectivity index (χ1n) is 7.41. The zero-order chi connectivity index (χ0) is 14.5. The van der Waals surface area contributed by atoms with E-state index < -0.39 is 0 Å². The second-order valence-electron chi connectivity index (χ2n) is 5.38. The summed E-state index contributed by atoms with van der Waals surface area (Å²) >= 11 is 0. The van der Waals surface area contributed by atoms with Gasteiger partial charge < -0.3 is 15.4 Å². The van der Waals surface area contributed by atoms with E-state index in [1.54, 1.807) is 0 Å². The van der Waals surface area contributed by atoms with E-state index in [2.05, 4.69) is 6.92 Å². The van der Waals surface area contributed by atoms with Crippen LogP contribution in [0.3, 0.4) is 0 Å². The van der Waals surface area contributed by atoms with Gasteiger partial charge in [0.2, 0.25) is 0 Å². The highest BCUT2D eigenvalue weighted by molar-refractivity contribution is 5.94. The van der Waals surface area contributed by atoms with Crippen LogP contribution in [0.25, 0.3) is 0 Å². The van der Waals surface area contributed by atoms with Crippen molar-refractivity contribution < 1.29 is 9.53 Å². The number of amides is 1. The van der Waals surface area contributed by atoms with E-state index in [4.69, 9.17) is 10.5 Å². The lowest BCUT2D eigenvalue weighted by molar-refractivity contribution is 0.0532. The van der Waals surface area contributed by atoms with E-state index in [1.165, 1.54) is 0 Å². The summed E-state index contributed by atoms with van der Waals surface area (Å²) < 4.78 is 5.40. The Balaban J connectivity index is 2.12. The van der Waals surface area contributed by atoms with Crippen LogP contribution in [0.4, 0.5) is 0 Å². The third kappa shape index (κ3) is 3.12. The molecule has 1 amide bonds. The van der Waals surface area contributed by atoms with Crippen molar-refractivity contribution in [3.8, 4) is 5.75 Å². The fourth-order valence-corrected chi connectivity index (χ4v) is 2.89. The molecule has 4 heteroatoms. The van der Waals surface area contributed by atoms with Gasteiger partial charge in [-0.05, 0) is 49.9 Å². The second-order valence-corrected chi connectivity index (χ2v) is 5.38. The standard InChI is InChI=1S/C16H24N2O2/c1-3-20-14-8-6-13(7-9-14)16(19)18-10-4-5-12(2)15(18)11-17/h6-9,12,15H,3-5,10-11,17H2,1-2H3. The Morgan fingerprint density at radius 3 is 2.70 bits per heavy atom. The van der Waals surface area contributed by atoms with E-state index in [1.807, 2.05) is 36.1 Å². The number of nitrogens with two attached hydrogens (primary N) is 1. The Kier molecular flexibility index (Phi) is 5.01. The summed E-state index contributed by atoms with van der Waals surface area (Å²) in [6.07, 6.45) is 2.20. The Morgan fingerprint density at radius 2 is 2.10 bits per heavy atom. The number of benzene rings is 1. The molecule has 1 aromatic rings. The number of ether oxygens (including phenoxy) is 1. The van der Waals surface area contributed by atoms with Crippen molar-refractivity contribution in [2.24, 2.45) is 11.7 Å². The van der Waals surface area contributed by atoms with Crippen molar-refractivity contribution in [3.05, 3.63) is 29.8 Å². The van der Waals surface area contributed by atoms with Gasteiger partial charge in [0, 0.05) is 24.7 Å². The van der Waals surface area contributed by atoms with Crippen molar-refractivity contribution in [3.63, 3.8) is 0 Å². The van der Waals surface area contributed by atoms with Crippen LogP contribution in [0, 0.1) is 5.92 Å². The molecule has 2 unspecified atom stereocenters. The molecule has 1 fully saturated rings. The monoisotopic (exact) mass is 276 g/mol. The van der Waals surface area contributed by atoms with Crippen molar-refractivity contribution in [2.45, 2.75) is 32.7 Å². The first-order valence-corrected chi connectivity index (χ1v) is 7.41. The minimum Gasteiger partial charge on any atom is -0.494 e. The van der Waals surface area contributed by atoms with Gasteiger partial charge in [-0.1, -0.05) is 6.92 Å². The quantitative estimate of drug-likeness (QED) is 0.918. The Morgan fingerprint density at radius 1 is 1.40 bits per heavy atom. The maximum Gasteiger partial charge on any atom is 0.254 e. The molecule has 0 aliphatic carbocycles. The highest BCUT2D eigenvalue weighted by atomic mass is 16.5. The molecule has 110 valence electrons. The number of hydrogen-bond donors (Lipinski definition) is 1. The third-order valence-corrected chi connectivity index (χ3v) is 4.03. The molecular weight excluding hydrogens is 252 g/mol. The number of carbonyl (C=O) groups is 1. The van der Waals surface area contributed by atoms with Crippen LogP contribution in [0.1, 0.15) is 37.0 Å². The first-order chi connectivity index (χ1) is 9.67. The van der Waals surface area contributed by atoms with Crippen LogP contribution < -0.4 is 10.5 Å². The molecule has 1 aliphatic heterocycles. The number of nitrogens with zero attached hydrogens (tertiary/aromatic N) is 1. The molecule has 2 rings (SSSR count). The predicted octanol–water partition coefficient (Wildman–Crippen LogP) is 2.28. The average molecular weight is 276 g/mol. The Labute approximate surface area is 120 Å². The highest BCUT2D eigenvalue weighted by Gasteiger charge is 2.31. The maximum atomic E-state index is 12.6. The van der Waals surface area contributed by atoms with Gasteiger partial charge in [0.1, 0.15) is 5.75 Å². The molecule has 0 radical (unpaired) electrons. The molecule has 0 aromatic heterocycles. The molecule has 20 heavy (non-hydrogen) atoms. The maximum absolute atomic E-state index is 12.6. The van der Waals surface area contributed by atoms with Crippen LogP contribution >= 0.6 is 0 Å². The molecule has 0 bridgehead atoms. The van der Waals surface area contributed by atoms with Crippen LogP contribution in [-0.2, 0) is 0 Å². The molecule has 0 saturated carbocycles. The van der Waals surface area contributed by atoms with E-state index in [9.17, 15) is 4.79 Å². The zero-order valence-electron chi connectivity index (χ0n) is 12.3. The summed E-state index contributed by atoms with van der Waals surface area (Å²) in [4.78, 5) is 14.5. The summed E-state index contributed by atoms with van der Waals surface area (Å²) in [6, 6.07) is 7.52. The topological polar surface area (TPSA) is 55.6 Å². The predicted molar refractivity (Wildman–Crippen MR) is 79.9 cm³/mol. The number of carbonyl (C=O) groups excluding carboxylic acids is 1. The van der Waals surface area contributed by atoms with Crippen LogP contribution in [0.5, 0.6) is 5.75 Å². The Bertz CT molecular complexity index is 444. The van der Waals surface area contributed by atoms with E-state index in [0.717, 1.165) is 25.1 Å². The lowest BCUT2D eigenvalue weighted by atomic mass is 9.90.